The SMILES string of the molecule is CCCCCCCCCCOc1ccc(C(=O)O)c(-c2ccc(OCCCCCCCCC)cc2)c1. The molecule has 0 radical (unpaired) electrons. The maximum atomic E-state index is 11.8. The summed E-state index contributed by atoms with van der Waals surface area (Å²) in [7, 11) is 0. The first kappa shape index (κ1) is 29.7. The summed E-state index contributed by atoms with van der Waals surface area (Å²) in [6, 6.07) is 13.0. The summed E-state index contributed by atoms with van der Waals surface area (Å²) >= 11 is 0. The summed E-state index contributed by atoms with van der Waals surface area (Å²) in [5, 5.41) is 9.69. The monoisotopic (exact) mass is 496 g/mol. The second-order valence-corrected chi connectivity index (χ2v) is 9.83. The highest BCUT2D eigenvalue weighted by molar-refractivity contribution is 5.96. The largest absolute Gasteiger partial charge is 0.494 e. The van der Waals surface area contributed by atoms with Crippen LogP contribution in [0.15, 0.2) is 42.5 Å². The summed E-state index contributed by atoms with van der Waals surface area (Å²) in [4.78, 5) is 11.8. The first-order chi connectivity index (χ1) is 17.7. The van der Waals surface area contributed by atoms with Gasteiger partial charge in [0.2, 0.25) is 0 Å². The zero-order chi connectivity index (χ0) is 25.8. The third-order valence-electron chi connectivity index (χ3n) is 6.67. The Hall–Kier alpha value is -2.49. The van der Waals surface area contributed by atoms with E-state index < -0.39 is 5.97 Å². The average molecular weight is 497 g/mol. The van der Waals surface area contributed by atoms with E-state index >= 15 is 0 Å². The van der Waals surface area contributed by atoms with E-state index in [0.717, 1.165) is 36.5 Å². The van der Waals surface area contributed by atoms with Crippen molar-refractivity contribution in [3.63, 3.8) is 0 Å². The van der Waals surface area contributed by atoms with Gasteiger partial charge in [-0.2, -0.15) is 0 Å². The summed E-state index contributed by atoms with van der Waals surface area (Å²) in [5.41, 5.74) is 1.81. The van der Waals surface area contributed by atoms with Crippen LogP contribution in [0.1, 0.15) is 121 Å². The third kappa shape index (κ3) is 12.0. The molecule has 2 aromatic rings. The van der Waals surface area contributed by atoms with Crippen molar-refractivity contribution in [1.29, 1.82) is 0 Å². The fourth-order valence-corrected chi connectivity index (χ4v) is 4.44. The summed E-state index contributed by atoms with van der Waals surface area (Å²) in [6.45, 7) is 5.86. The Labute approximate surface area is 219 Å². The van der Waals surface area contributed by atoms with Crippen LogP contribution in [0.25, 0.3) is 11.1 Å². The fourth-order valence-electron chi connectivity index (χ4n) is 4.44. The van der Waals surface area contributed by atoms with Crippen LogP contribution in [0.3, 0.4) is 0 Å². The molecule has 0 aliphatic carbocycles. The van der Waals surface area contributed by atoms with Gasteiger partial charge in [-0.3, -0.25) is 0 Å². The molecule has 200 valence electrons. The Morgan fingerprint density at radius 3 is 1.56 bits per heavy atom. The minimum atomic E-state index is -0.932. The highest BCUT2D eigenvalue weighted by Gasteiger charge is 2.13. The van der Waals surface area contributed by atoms with Crippen molar-refractivity contribution >= 4 is 5.97 Å². The topological polar surface area (TPSA) is 55.8 Å². The Balaban J connectivity index is 1.81. The molecule has 0 saturated carbocycles. The molecule has 0 fully saturated rings. The van der Waals surface area contributed by atoms with Crippen molar-refractivity contribution in [1.82, 2.24) is 0 Å². The highest BCUT2D eigenvalue weighted by atomic mass is 16.5. The van der Waals surface area contributed by atoms with Crippen LogP contribution in [0, 0.1) is 0 Å². The van der Waals surface area contributed by atoms with Gasteiger partial charge in [0.25, 0.3) is 0 Å². The predicted octanol–water partition coefficient (Wildman–Crippen LogP) is 9.70. The number of hydrogen-bond acceptors (Lipinski definition) is 3. The molecule has 0 aliphatic heterocycles. The molecule has 36 heavy (non-hydrogen) atoms. The molecule has 0 amide bonds. The van der Waals surface area contributed by atoms with Gasteiger partial charge in [0.05, 0.1) is 18.8 Å². The van der Waals surface area contributed by atoms with Crippen molar-refractivity contribution < 1.29 is 19.4 Å². The predicted molar refractivity (Wildman–Crippen MR) is 150 cm³/mol. The molecule has 1 N–H and O–H groups in total. The van der Waals surface area contributed by atoms with Gasteiger partial charge in [0.1, 0.15) is 11.5 Å². The fraction of sp³-hybridized carbons (Fsp3) is 0.594. The van der Waals surface area contributed by atoms with Crippen LogP contribution in [0.5, 0.6) is 11.5 Å². The van der Waals surface area contributed by atoms with Crippen LogP contribution >= 0.6 is 0 Å². The van der Waals surface area contributed by atoms with Crippen LogP contribution in [-0.2, 0) is 0 Å². The number of carbonyl (C=O) groups is 1. The Kier molecular flexibility index (Phi) is 15.5. The number of rotatable bonds is 21. The van der Waals surface area contributed by atoms with Crippen molar-refractivity contribution in [3.8, 4) is 22.6 Å². The summed E-state index contributed by atoms with van der Waals surface area (Å²) in [5.74, 6) is 0.611. The van der Waals surface area contributed by atoms with E-state index in [0.29, 0.717) is 12.2 Å². The van der Waals surface area contributed by atoms with Gasteiger partial charge in [-0.05, 0) is 54.3 Å². The molecule has 2 rings (SSSR count). The van der Waals surface area contributed by atoms with Gasteiger partial charge < -0.3 is 14.6 Å². The number of benzene rings is 2. The van der Waals surface area contributed by atoms with Crippen molar-refractivity contribution in [2.45, 2.75) is 110 Å². The molecule has 0 aliphatic rings. The number of carboxylic acid groups (broad SMARTS) is 1. The summed E-state index contributed by atoms with van der Waals surface area (Å²) in [6.07, 6.45) is 18.9. The zero-order valence-corrected chi connectivity index (χ0v) is 22.7. The number of unbranched alkanes of at least 4 members (excludes halogenated alkanes) is 13. The van der Waals surface area contributed by atoms with Gasteiger partial charge in [-0.25, -0.2) is 4.79 Å². The molecule has 0 heterocycles. The molecule has 0 spiro atoms. The number of ether oxygens (including phenoxy) is 2. The van der Waals surface area contributed by atoms with Crippen LogP contribution in [0.4, 0.5) is 0 Å². The maximum Gasteiger partial charge on any atom is 0.336 e. The smallest absolute Gasteiger partial charge is 0.336 e. The first-order valence-electron chi connectivity index (χ1n) is 14.4. The summed E-state index contributed by atoms with van der Waals surface area (Å²) < 4.78 is 11.9. The van der Waals surface area contributed by atoms with E-state index in [1.807, 2.05) is 30.3 Å². The number of aromatic carboxylic acids is 1. The molecule has 0 atom stereocenters. The Morgan fingerprint density at radius 1 is 0.611 bits per heavy atom. The first-order valence-corrected chi connectivity index (χ1v) is 14.4. The highest BCUT2D eigenvalue weighted by Crippen LogP contribution is 2.30. The lowest BCUT2D eigenvalue weighted by Gasteiger charge is -2.12. The van der Waals surface area contributed by atoms with Gasteiger partial charge in [-0.1, -0.05) is 109 Å². The Morgan fingerprint density at radius 2 is 1.06 bits per heavy atom. The zero-order valence-electron chi connectivity index (χ0n) is 22.7. The minimum Gasteiger partial charge on any atom is -0.494 e. The van der Waals surface area contributed by atoms with Crippen LogP contribution < -0.4 is 9.47 Å². The molecule has 4 heteroatoms. The third-order valence-corrected chi connectivity index (χ3v) is 6.67. The molecular formula is C32H48O4. The van der Waals surface area contributed by atoms with Gasteiger partial charge in [0.15, 0.2) is 0 Å². The van der Waals surface area contributed by atoms with E-state index in [2.05, 4.69) is 13.8 Å². The van der Waals surface area contributed by atoms with Crippen molar-refractivity contribution in [3.05, 3.63) is 48.0 Å². The quantitative estimate of drug-likeness (QED) is 0.175. The van der Waals surface area contributed by atoms with E-state index in [1.54, 1.807) is 12.1 Å². The van der Waals surface area contributed by atoms with Crippen molar-refractivity contribution in [2.24, 2.45) is 0 Å². The van der Waals surface area contributed by atoms with E-state index in [4.69, 9.17) is 9.47 Å². The lowest BCUT2D eigenvalue weighted by Crippen LogP contribution is -2.02. The lowest BCUT2D eigenvalue weighted by atomic mass is 9.99. The minimum absolute atomic E-state index is 0.283. The van der Waals surface area contributed by atoms with Crippen molar-refractivity contribution in [2.75, 3.05) is 13.2 Å². The molecule has 0 bridgehead atoms. The number of hydrogen-bond donors (Lipinski definition) is 1. The van der Waals surface area contributed by atoms with Crippen LogP contribution in [-0.4, -0.2) is 24.3 Å². The molecule has 0 aromatic heterocycles. The molecule has 4 nitrogen and oxygen atoms in total. The van der Waals surface area contributed by atoms with Gasteiger partial charge in [0, 0.05) is 0 Å². The van der Waals surface area contributed by atoms with Gasteiger partial charge >= 0.3 is 5.97 Å². The van der Waals surface area contributed by atoms with E-state index in [-0.39, 0.29) is 5.56 Å². The average Bonchev–Trinajstić information content (AvgIpc) is 2.89. The second kappa shape index (κ2) is 18.7. The van der Waals surface area contributed by atoms with Crippen LogP contribution in [0.2, 0.25) is 0 Å². The molecular weight excluding hydrogens is 448 g/mol. The molecule has 0 unspecified atom stereocenters. The molecule has 2 aromatic carbocycles. The van der Waals surface area contributed by atoms with Gasteiger partial charge in [-0.15, -0.1) is 0 Å². The maximum absolute atomic E-state index is 11.8. The second-order valence-electron chi connectivity index (χ2n) is 9.83. The van der Waals surface area contributed by atoms with E-state index in [9.17, 15) is 9.90 Å². The van der Waals surface area contributed by atoms with E-state index in [1.165, 1.54) is 83.5 Å². The molecule has 0 saturated heterocycles. The lowest BCUT2D eigenvalue weighted by molar-refractivity contribution is 0.0697. The standard InChI is InChI=1S/C32H48O4/c1-3-5-7-9-11-13-15-17-25-36-29-22-23-30(32(33)34)31(26-29)27-18-20-28(21-19-27)35-24-16-14-12-10-8-6-4-2/h18-23,26H,3-17,24-25H2,1-2H3,(H,33,34). The normalized spacial score (nSPS) is 10.9. The Bertz CT molecular complexity index is 844. The number of carboxylic acids is 1.